The van der Waals surface area contributed by atoms with Gasteiger partial charge in [0.25, 0.3) is 0 Å². The minimum atomic E-state index is -0.873. The summed E-state index contributed by atoms with van der Waals surface area (Å²) in [5.41, 5.74) is 1.44. The fraction of sp³-hybridized carbons (Fsp3) is 0.357. The van der Waals surface area contributed by atoms with Gasteiger partial charge in [0.15, 0.2) is 5.76 Å². The number of benzene rings is 1. The normalized spacial score (nSPS) is 11.7. The van der Waals surface area contributed by atoms with Crippen molar-refractivity contribution < 1.29 is 14.2 Å². The van der Waals surface area contributed by atoms with E-state index in [-0.39, 0.29) is 0 Å². The van der Waals surface area contributed by atoms with Crippen LogP contribution in [0, 0.1) is 15.9 Å². The second kappa shape index (κ2) is 6.79. The lowest BCUT2D eigenvalue weighted by atomic mass is 10.1. The van der Waals surface area contributed by atoms with Crippen LogP contribution in [0.15, 0.2) is 28.9 Å². The lowest BCUT2D eigenvalue weighted by molar-refractivity contribution is -0.387. The van der Waals surface area contributed by atoms with E-state index in [0.717, 1.165) is 17.7 Å². The van der Waals surface area contributed by atoms with Gasteiger partial charge >= 0.3 is 5.69 Å². The maximum atomic E-state index is 13.4. The number of hydrogen-bond donors (Lipinski definition) is 0. The average Bonchev–Trinajstić information content (AvgIpc) is 2.39. The minimum absolute atomic E-state index is 0.414. The third kappa shape index (κ3) is 3.88. The predicted molar refractivity (Wildman–Crippen MR) is 75.8 cm³/mol. The smallest absolute Gasteiger partial charge is 0.305 e. The summed E-state index contributed by atoms with van der Waals surface area (Å²) >= 11 is 0. The lowest BCUT2D eigenvalue weighted by Crippen LogP contribution is -1.97. The van der Waals surface area contributed by atoms with Crippen molar-refractivity contribution in [3.8, 4) is 0 Å². The number of halogens is 1. The molecule has 0 saturated carbocycles. The van der Waals surface area contributed by atoms with Gasteiger partial charge in [-0.05, 0) is 44.9 Å². The first kappa shape index (κ1) is 15.8. The Morgan fingerprint density at radius 1 is 1.40 bits per heavy atom. The summed E-state index contributed by atoms with van der Waals surface area (Å²) in [5.74, 6) is -0.459. The van der Waals surface area contributed by atoms with Crippen molar-refractivity contribution in [2.45, 2.75) is 34.1 Å². The van der Waals surface area contributed by atoms with E-state index in [1.807, 2.05) is 13.8 Å². The number of oxime groups is 1. The van der Waals surface area contributed by atoms with Crippen LogP contribution in [0.2, 0.25) is 0 Å². The number of hydrogen-bond acceptors (Lipinski definition) is 4. The first-order valence-electron chi connectivity index (χ1n) is 6.19. The van der Waals surface area contributed by atoms with Crippen molar-refractivity contribution in [1.29, 1.82) is 0 Å². The van der Waals surface area contributed by atoms with Crippen LogP contribution >= 0.6 is 0 Å². The molecule has 0 amide bonds. The topological polar surface area (TPSA) is 64.7 Å². The van der Waals surface area contributed by atoms with Crippen molar-refractivity contribution in [2.24, 2.45) is 5.16 Å². The Balaban J connectivity index is 3.32. The van der Waals surface area contributed by atoms with Crippen LogP contribution in [0.3, 0.4) is 0 Å². The van der Waals surface area contributed by atoms with Crippen LogP contribution in [0.5, 0.6) is 0 Å². The molecule has 1 aromatic carbocycles. The summed E-state index contributed by atoms with van der Waals surface area (Å²) < 4.78 is 13.4. The van der Waals surface area contributed by atoms with Gasteiger partial charge in [0, 0.05) is 11.6 Å². The highest BCUT2D eigenvalue weighted by molar-refractivity contribution is 5.79. The Labute approximate surface area is 116 Å². The van der Waals surface area contributed by atoms with Crippen LogP contribution in [0.25, 0.3) is 5.76 Å². The summed E-state index contributed by atoms with van der Waals surface area (Å²) in [7, 11) is 0. The van der Waals surface area contributed by atoms with Gasteiger partial charge in [-0.3, -0.25) is 10.1 Å². The van der Waals surface area contributed by atoms with E-state index in [1.54, 1.807) is 13.8 Å². The standard InChI is InChI=1S/C14H17FN2O3/c1-5-10(4)14(20-16-9(2)3)11-6-7-12(15)13(8-11)17(18)19/h6-8H,5H2,1-4H3/b14-10+. The third-order valence-corrected chi connectivity index (χ3v) is 2.64. The number of allylic oxidation sites excluding steroid dienone is 1. The number of nitro benzene ring substituents is 1. The predicted octanol–water partition coefficient (Wildman–Crippen LogP) is 4.29. The molecule has 108 valence electrons. The van der Waals surface area contributed by atoms with Gasteiger partial charge in [-0.15, -0.1) is 0 Å². The monoisotopic (exact) mass is 280 g/mol. The molecule has 20 heavy (non-hydrogen) atoms. The molecule has 0 bridgehead atoms. The molecule has 0 aromatic heterocycles. The molecular weight excluding hydrogens is 263 g/mol. The van der Waals surface area contributed by atoms with Crippen molar-refractivity contribution in [3.63, 3.8) is 0 Å². The van der Waals surface area contributed by atoms with Gasteiger partial charge in [-0.2, -0.15) is 4.39 Å². The molecule has 0 heterocycles. The fourth-order valence-electron chi connectivity index (χ4n) is 1.47. The molecule has 0 N–H and O–H groups in total. The molecule has 1 rings (SSSR count). The van der Waals surface area contributed by atoms with Gasteiger partial charge in [-0.25, -0.2) is 0 Å². The molecule has 0 spiro atoms. The zero-order chi connectivity index (χ0) is 15.3. The molecular formula is C14H17FN2O3. The van der Waals surface area contributed by atoms with E-state index in [4.69, 9.17) is 4.84 Å². The molecule has 0 atom stereocenters. The van der Waals surface area contributed by atoms with E-state index in [9.17, 15) is 14.5 Å². The zero-order valence-corrected chi connectivity index (χ0v) is 11.9. The second-order valence-corrected chi connectivity index (χ2v) is 4.52. The second-order valence-electron chi connectivity index (χ2n) is 4.52. The highest BCUT2D eigenvalue weighted by Gasteiger charge is 2.18. The maximum Gasteiger partial charge on any atom is 0.305 e. The van der Waals surface area contributed by atoms with Crippen molar-refractivity contribution in [3.05, 3.63) is 45.3 Å². The molecule has 5 nitrogen and oxygen atoms in total. The Bertz CT molecular complexity index is 576. The Morgan fingerprint density at radius 3 is 2.55 bits per heavy atom. The van der Waals surface area contributed by atoms with Crippen LogP contribution in [-0.2, 0) is 4.84 Å². The minimum Gasteiger partial charge on any atom is -0.357 e. The highest BCUT2D eigenvalue weighted by atomic mass is 19.1. The molecule has 0 radical (unpaired) electrons. The average molecular weight is 280 g/mol. The van der Waals surface area contributed by atoms with Gasteiger partial charge in [0.1, 0.15) is 0 Å². The van der Waals surface area contributed by atoms with E-state index in [1.165, 1.54) is 6.07 Å². The molecule has 0 aliphatic carbocycles. The van der Waals surface area contributed by atoms with Crippen LogP contribution in [-0.4, -0.2) is 10.6 Å². The Hall–Kier alpha value is -2.24. The van der Waals surface area contributed by atoms with Crippen molar-refractivity contribution in [1.82, 2.24) is 0 Å². The van der Waals surface area contributed by atoms with E-state index in [0.29, 0.717) is 23.5 Å². The van der Waals surface area contributed by atoms with Gasteiger partial charge in [0.2, 0.25) is 5.82 Å². The molecule has 0 unspecified atom stereocenters. The molecule has 6 heteroatoms. The quantitative estimate of drug-likeness (QED) is 0.350. The summed E-state index contributed by atoms with van der Waals surface area (Å²) in [5, 5.41) is 14.6. The Kier molecular flexibility index (Phi) is 5.37. The van der Waals surface area contributed by atoms with Crippen LogP contribution in [0.1, 0.15) is 39.7 Å². The summed E-state index contributed by atoms with van der Waals surface area (Å²) in [4.78, 5) is 15.4. The molecule has 0 aliphatic heterocycles. The lowest BCUT2D eigenvalue weighted by Gasteiger charge is -2.09. The van der Waals surface area contributed by atoms with Crippen LogP contribution in [0.4, 0.5) is 10.1 Å². The maximum absolute atomic E-state index is 13.4. The fourth-order valence-corrected chi connectivity index (χ4v) is 1.47. The van der Waals surface area contributed by atoms with E-state index in [2.05, 4.69) is 5.16 Å². The largest absolute Gasteiger partial charge is 0.357 e. The van der Waals surface area contributed by atoms with Crippen molar-refractivity contribution >= 4 is 17.2 Å². The number of nitrogens with zero attached hydrogens (tertiary/aromatic N) is 2. The summed E-state index contributed by atoms with van der Waals surface area (Å²) in [6.45, 7) is 7.31. The Morgan fingerprint density at radius 2 is 2.05 bits per heavy atom. The summed E-state index contributed by atoms with van der Waals surface area (Å²) in [6.07, 6.45) is 0.693. The zero-order valence-electron chi connectivity index (χ0n) is 11.9. The summed E-state index contributed by atoms with van der Waals surface area (Å²) in [6, 6.07) is 3.66. The third-order valence-electron chi connectivity index (χ3n) is 2.64. The molecule has 0 fully saturated rings. The van der Waals surface area contributed by atoms with Crippen molar-refractivity contribution in [2.75, 3.05) is 0 Å². The van der Waals surface area contributed by atoms with E-state index >= 15 is 0 Å². The first-order chi connectivity index (χ1) is 9.36. The highest BCUT2D eigenvalue weighted by Crippen LogP contribution is 2.27. The molecule has 0 saturated heterocycles. The van der Waals surface area contributed by atoms with E-state index < -0.39 is 16.4 Å². The van der Waals surface area contributed by atoms with Crippen LogP contribution < -0.4 is 0 Å². The molecule has 0 aliphatic rings. The first-order valence-corrected chi connectivity index (χ1v) is 6.19. The molecule has 1 aromatic rings. The SMILES string of the molecule is CC/C(C)=C(/ON=C(C)C)c1ccc(F)c([N+](=O)[O-])c1. The number of nitro groups is 1. The van der Waals surface area contributed by atoms with Gasteiger partial charge < -0.3 is 4.84 Å². The van der Waals surface area contributed by atoms with Gasteiger partial charge in [0.05, 0.1) is 10.6 Å². The number of rotatable bonds is 5. The van der Waals surface area contributed by atoms with Gasteiger partial charge in [-0.1, -0.05) is 12.1 Å².